The van der Waals surface area contributed by atoms with Gasteiger partial charge in [-0.15, -0.1) is 0 Å². The first-order chi connectivity index (χ1) is 9.51. The van der Waals surface area contributed by atoms with Crippen LogP contribution in [0.3, 0.4) is 0 Å². The molecule has 0 aliphatic carbocycles. The Morgan fingerprint density at radius 3 is 2.45 bits per heavy atom. The normalized spacial score (nSPS) is 11.2. The molecule has 0 unspecified atom stereocenters. The molecule has 0 radical (unpaired) electrons. The van der Waals surface area contributed by atoms with E-state index in [1.165, 1.54) is 6.07 Å². The van der Waals surface area contributed by atoms with Crippen LogP contribution in [0, 0.1) is 0 Å². The Balaban J connectivity index is 3.08. The van der Waals surface area contributed by atoms with Gasteiger partial charge in [0, 0.05) is 31.5 Å². The number of aliphatic hydroxyl groups excluding tert-OH is 2. The minimum Gasteiger partial charge on any atom is -0.503 e. The van der Waals surface area contributed by atoms with Crippen LogP contribution in [-0.4, -0.2) is 45.5 Å². The molecular weight excluding hydrogens is 260 g/mol. The van der Waals surface area contributed by atoms with Crippen molar-refractivity contribution in [3.8, 4) is 5.75 Å². The highest BCUT2D eigenvalue weighted by atomic mass is 16.3. The second kappa shape index (κ2) is 8.04. The molecule has 1 rings (SSSR count). The van der Waals surface area contributed by atoms with Crippen molar-refractivity contribution in [2.45, 2.75) is 39.0 Å². The maximum atomic E-state index is 11.7. The number of aromatic hydroxyl groups is 1. The molecule has 0 fully saturated rings. The lowest BCUT2D eigenvalue weighted by atomic mass is 10.2. The van der Waals surface area contributed by atoms with E-state index in [-0.39, 0.29) is 19.0 Å². The average molecular weight is 284 g/mol. The van der Waals surface area contributed by atoms with E-state index < -0.39 is 5.43 Å². The zero-order valence-corrected chi connectivity index (χ0v) is 12.2. The molecule has 0 saturated heterocycles. The van der Waals surface area contributed by atoms with Crippen LogP contribution in [0.5, 0.6) is 5.75 Å². The summed E-state index contributed by atoms with van der Waals surface area (Å²) in [6.07, 6.45) is 2.40. The van der Waals surface area contributed by atoms with Gasteiger partial charge in [-0.3, -0.25) is 4.79 Å². The predicted octanol–water partition coefficient (Wildman–Crippen LogP) is 0.270. The van der Waals surface area contributed by atoms with E-state index >= 15 is 0 Å². The molecule has 0 amide bonds. The molecule has 114 valence electrons. The SMILES string of the molecule is CN(C)Cc1c(O)c(=O)cc(CO)n1CCCCCO. The lowest BCUT2D eigenvalue weighted by Crippen LogP contribution is -2.23. The molecule has 3 N–H and O–H groups in total. The number of hydrogen-bond donors (Lipinski definition) is 3. The number of aromatic nitrogens is 1. The van der Waals surface area contributed by atoms with Gasteiger partial charge in [-0.1, -0.05) is 0 Å². The van der Waals surface area contributed by atoms with Crippen LogP contribution in [0.4, 0.5) is 0 Å². The van der Waals surface area contributed by atoms with Crippen LogP contribution in [0.2, 0.25) is 0 Å². The predicted molar refractivity (Wildman–Crippen MR) is 76.6 cm³/mol. The summed E-state index contributed by atoms with van der Waals surface area (Å²) in [5, 5.41) is 28.2. The van der Waals surface area contributed by atoms with Gasteiger partial charge in [0.15, 0.2) is 5.75 Å². The van der Waals surface area contributed by atoms with Gasteiger partial charge in [-0.05, 0) is 33.4 Å². The molecule has 1 aromatic rings. The van der Waals surface area contributed by atoms with Crippen molar-refractivity contribution in [2.75, 3.05) is 20.7 Å². The monoisotopic (exact) mass is 284 g/mol. The molecule has 20 heavy (non-hydrogen) atoms. The van der Waals surface area contributed by atoms with Crippen LogP contribution in [0.1, 0.15) is 30.7 Å². The van der Waals surface area contributed by atoms with Gasteiger partial charge in [0.2, 0.25) is 5.43 Å². The standard InChI is InChI=1S/C14H24N2O4/c1-15(2)9-12-14(20)13(19)8-11(10-18)16(12)6-4-3-5-7-17/h8,17-18,20H,3-7,9-10H2,1-2H3. The topological polar surface area (TPSA) is 85.9 Å². The largest absolute Gasteiger partial charge is 0.503 e. The van der Waals surface area contributed by atoms with Crippen molar-refractivity contribution in [1.82, 2.24) is 9.47 Å². The molecule has 0 bridgehead atoms. The molecule has 6 nitrogen and oxygen atoms in total. The highest BCUT2D eigenvalue weighted by Crippen LogP contribution is 2.17. The number of hydrogen-bond acceptors (Lipinski definition) is 5. The first-order valence-electron chi connectivity index (χ1n) is 6.82. The lowest BCUT2D eigenvalue weighted by molar-refractivity contribution is 0.261. The highest BCUT2D eigenvalue weighted by molar-refractivity contribution is 5.30. The van der Waals surface area contributed by atoms with Crippen LogP contribution >= 0.6 is 0 Å². The second-order valence-electron chi connectivity index (χ2n) is 5.13. The van der Waals surface area contributed by atoms with Crippen LogP contribution in [0.15, 0.2) is 10.9 Å². The van der Waals surface area contributed by atoms with Gasteiger partial charge in [0.25, 0.3) is 0 Å². The molecule has 1 aromatic heterocycles. The molecule has 1 heterocycles. The summed E-state index contributed by atoms with van der Waals surface area (Å²) in [5.41, 5.74) is 0.571. The van der Waals surface area contributed by atoms with Crippen LogP contribution in [0.25, 0.3) is 0 Å². The van der Waals surface area contributed by atoms with E-state index in [1.54, 1.807) is 4.57 Å². The summed E-state index contributed by atoms with van der Waals surface area (Å²) in [6.45, 7) is 0.949. The van der Waals surface area contributed by atoms with Crippen molar-refractivity contribution in [2.24, 2.45) is 0 Å². The van der Waals surface area contributed by atoms with Crippen LogP contribution in [-0.2, 0) is 19.7 Å². The third-order valence-electron chi connectivity index (χ3n) is 3.14. The highest BCUT2D eigenvalue weighted by Gasteiger charge is 2.15. The number of aliphatic hydroxyl groups is 2. The number of nitrogens with zero attached hydrogens (tertiary/aromatic N) is 2. The average Bonchev–Trinajstić information content (AvgIpc) is 2.41. The lowest BCUT2D eigenvalue weighted by Gasteiger charge is -2.21. The Morgan fingerprint density at radius 1 is 1.20 bits per heavy atom. The van der Waals surface area contributed by atoms with E-state index in [0.29, 0.717) is 24.5 Å². The summed E-state index contributed by atoms with van der Waals surface area (Å²) in [5.74, 6) is -0.252. The summed E-state index contributed by atoms with van der Waals surface area (Å²) in [4.78, 5) is 13.6. The maximum absolute atomic E-state index is 11.7. The van der Waals surface area contributed by atoms with Crippen molar-refractivity contribution >= 4 is 0 Å². The summed E-state index contributed by atoms with van der Waals surface area (Å²) >= 11 is 0. The Hall–Kier alpha value is -1.37. The Labute approximate surface area is 118 Å². The van der Waals surface area contributed by atoms with E-state index in [0.717, 1.165) is 19.3 Å². The Morgan fingerprint density at radius 2 is 1.90 bits per heavy atom. The minimum atomic E-state index is -0.461. The first kappa shape index (κ1) is 16.7. The smallest absolute Gasteiger partial charge is 0.223 e. The van der Waals surface area contributed by atoms with E-state index in [9.17, 15) is 15.0 Å². The first-order valence-corrected chi connectivity index (χ1v) is 6.82. The molecule has 0 spiro atoms. The van der Waals surface area contributed by atoms with Crippen molar-refractivity contribution in [1.29, 1.82) is 0 Å². The van der Waals surface area contributed by atoms with Gasteiger partial charge in [-0.2, -0.15) is 0 Å². The maximum Gasteiger partial charge on any atom is 0.223 e. The summed E-state index contributed by atoms with van der Waals surface area (Å²) in [7, 11) is 3.71. The molecular formula is C14H24N2O4. The molecule has 0 aromatic carbocycles. The fraction of sp³-hybridized carbons (Fsp3) is 0.643. The van der Waals surface area contributed by atoms with E-state index in [4.69, 9.17) is 5.11 Å². The summed E-state index contributed by atoms with van der Waals surface area (Å²) < 4.78 is 1.80. The molecule has 0 aliphatic rings. The van der Waals surface area contributed by atoms with Gasteiger partial charge in [0.05, 0.1) is 12.3 Å². The van der Waals surface area contributed by atoms with Gasteiger partial charge >= 0.3 is 0 Å². The fourth-order valence-electron chi connectivity index (χ4n) is 2.17. The van der Waals surface area contributed by atoms with Crippen molar-refractivity contribution in [3.63, 3.8) is 0 Å². The molecule has 0 aliphatic heterocycles. The Kier molecular flexibility index (Phi) is 6.70. The van der Waals surface area contributed by atoms with Gasteiger partial charge < -0.3 is 24.8 Å². The molecule has 6 heteroatoms. The molecule has 0 atom stereocenters. The fourth-order valence-corrected chi connectivity index (χ4v) is 2.17. The third kappa shape index (κ3) is 4.33. The second-order valence-corrected chi connectivity index (χ2v) is 5.13. The number of unbranched alkanes of at least 4 members (excludes halogenated alkanes) is 2. The molecule has 0 saturated carbocycles. The van der Waals surface area contributed by atoms with E-state index in [1.807, 2.05) is 19.0 Å². The van der Waals surface area contributed by atoms with Crippen molar-refractivity contribution < 1.29 is 15.3 Å². The van der Waals surface area contributed by atoms with E-state index in [2.05, 4.69) is 0 Å². The number of pyridine rings is 1. The van der Waals surface area contributed by atoms with Gasteiger partial charge in [-0.25, -0.2) is 0 Å². The van der Waals surface area contributed by atoms with Crippen molar-refractivity contribution in [3.05, 3.63) is 27.7 Å². The van der Waals surface area contributed by atoms with Crippen LogP contribution < -0.4 is 5.43 Å². The van der Waals surface area contributed by atoms with Gasteiger partial charge in [0.1, 0.15) is 0 Å². The quantitative estimate of drug-likeness (QED) is 0.597. The zero-order valence-electron chi connectivity index (χ0n) is 12.2. The minimum absolute atomic E-state index is 0.160. The third-order valence-corrected chi connectivity index (χ3v) is 3.14. The Bertz CT molecular complexity index is 483. The summed E-state index contributed by atoms with van der Waals surface area (Å²) in [6, 6.07) is 1.28. The number of rotatable bonds is 8. The zero-order chi connectivity index (χ0) is 15.1.